The molecule has 2 rings (SSSR count). The normalized spacial score (nSPS) is 12.4. The molecule has 22 heavy (non-hydrogen) atoms. The zero-order chi connectivity index (χ0) is 16.0. The fourth-order valence-corrected chi connectivity index (χ4v) is 2.09. The molecule has 114 valence electrons. The molecule has 2 aromatic carbocycles. The van der Waals surface area contributed by atoms with E-state index in [-0.39, 0.29) is 5.56 Å². The lowest BCUT2D eigenvalue weighted by molar-refractivity contribution is -0.138. The van der Waals surface area contributed by atoms with Crippen molar-refractivity contribution in [3.05, 3.63) is 71.3 Å². The Kier molecular flexibility index (Phi) is 5.24. The van der Waals surface area contributed by atoms with Crippen LogP contribution in [0, 0.1) is 11.8 Å². The lowest BCUT2D eigenvalue weighted by Gasteiger charge is -2.13. The Morgan fingerprint density at radius 1 is 0.955 bits per heavy atom. The van der Waals surface area contributed by atoms with E-state index in [0.29, 0.717) is 12.8 Å². The van der Waals surface area contributed by atoms with Crippen LogP contribution >= 0.6 is 0 Å². The average Bonchev–Trinajstić information content (AvgIpc) is 2.51. The van der Waals surface area contributed by atoms with Gasteiger partial charge in [0.25, 0.3) is 0 Å². The summed E-state index contributed by atoms with van der Waals surface area (Å²) in [6.45, 7) is 0. The SMILES string of the molecule is OC(C#CCCc1ccccc1)c1ccccc1C(F)(F)F. The predicted molar refractivity (Wildman–Crippen MR) is 78.9 cm³/mol. The van der Waals surface area contributed by atoms with Crippen LogP contribution in [-0.4, -0.2) is 5.11 Å². The van der Waals surface area contributed by atoms with E-state index in [9.17, 15) is 18.3 Å². The van der Waals surface area contributed by atoms with Gasteiger partial charge in [-0.3, -0.25) is 0 Å². The number of aryl methyl sites for hydroxylation is 1. The second-order valence-corrected chi connectivity index (χ2v) is 4.79. The van der Waals surface area contributed by atoms with Crippen LogP contribution in [0.15, 0.2) is 54.6 Å². The second-order valence-electron chi connectivity index (χ2n) is 4.79. The van der Waals surface area contributed by atoms with Crippen molar-refractivity contribution in [2.75, 3.05) is 0 Å². The minimum atomic E-state index is -4.50. The number of hydrogen-bond donors (Lipinski definition) is 1. The van der Waals surface area contributed by atoms with Crippen LogP contribution in [0.1, 0.15) is 29.2 Å². The van der Waals surface area contributed by atoms with Crippen LogP contribution in [0.2, 0.25) is 0 Å². The molecule has 0 saturated heterocycles. The Balaban J connectivity index is 2.04. The first-order valence-electron chi connectivity index (χ1n) is 6.85. The highest BCUT2D eigenvalue weighted by Crippen LogP contribution is 2.34. The minimum absolute atomic E-state index is 0.206. The van der Waals surface area contributed by atoms with Crippen molar-refractivity contribution < 1.29 is 18.3 Å². The van der Waals surface area contributed by atoms with Crippen molar-refractivity contribution in [1.82, 2.24) is 0 Å². The fourth-order valence-electron chi connectivity index (χ4n) is 2.09. The van der Waals surface area contributed by atoms with Gasteiger partial charge in [-0.1, -0.05) is 60.4 Å². The lowest BCUT2D eigenvalue weighted by atomic mass is 10.0. The Morgan fingerprint density at radius 3 is 2.27 bits per heavy atom. The molecule has 0 fully saturated rings. The third kappa shape index (κ3) is 4.37. The first kappa shape index (κ1) is 16.1. The van der Waals surface area contributed by atoms with E-state index in [0.717, 1.165) is 11.6 Å². The monoisotopic (exact) mass is 304 g/mol. The fraction of sp³-hybridized carbons (Fsp3) is 0.222. The maximum Gasteiger partial charge on any atom is 0.416 e. The van der Waals surface area contributed by atoms with Crippen LogP contribution in [-0.2, 0) is 12.6 Å². The number of aliphatic hydroxyl groups is 1. The summed E-state index contributed by atoms with van der Waals surface area (Å²) in [4.78, 5) is 0. The number of benzene rings is 2. The van der Waals surface area contributed by atoms with Crippen LogP contribution < -0.4 is 0 Å². The number of alkyl halides is 3. The van der Waals surface area contributed by atoms with Crippen LogP contribution in [0.4, 0.5) is 13.2 Å². The highest BCUT2D eigenvalue weighted by Gasteiger charge is 2.34. The smallest absolute Gasteiger partial charge is 0.376 e. The summed E-state index contributed by atoms with van der Waals surface area (Å²) in [6, 6.07) is 14.6. The first-order valence-corrected chi connectivity index (χ1v) is 6.85. The molecule has 1 N–H and O–H groups in total. The van der Waals surface area contributed by atoms with Gasteiger partial charge in [0.15, 0.2) is 0 Å². The van der Waals surface area contributed by atoms with E-state index < -0.39 is 17.8 Å². The topological polar surface area (TPSA) is 20.2 Å². The molecule has 1 nitrogen and oxygen atoms in total. The maximum atomic E-state index is 12.9. The van der Waals surface area contributed by atoms with Gasteiger partial charge in [-0.05, 0) is 18.1 Å². The van der Waals surface area contributed by atoms with Crippen LogP contribution in [0.25, 0.3) is 0 Å². The van der Waals surface area contributed by atoms with Crippen molar-refractivity contribution in [2.24, 2.45) is 0 Å². The van der Waals surface area contributed by atoms with Gasteiger partial charge in [-0.15, -0.1) is 0 Å². The molecule has 0 aromatic heterocycles. The van der Waals surface area contributed by atoms with E-state index in [1.807, 2.05) is 30.3 Å². The molecule has 4 heteroatoms. The van der Waals surface area contributed by atoms with Gasteiger partial charge >= 0.3 is 6.18 Å². The summed E-state index contributed by atoms with van der Waals surface area (Å²) in [5.41, 5.74) is 0.0454. The zero-order valence-electron chi connectivity index (χ0n) is 11.8. The molecule has 0 aliphatic rings. The van der Waals surface area contributed by atoms with Crippen molar-refractivity contribution in [1.29, 1.82) is 0 Å². The van der Waals surface area contributed by atoms with E-state index in [4.69, 9.17) is 0 Å². The molecule has 0 aliphatic heterocycles. The Morgan fingerprint density at radius 2 is 1.59 bits per heavy atom. The molecular formula is C18H15F3O. The third-order valence-corrected chi connectivity index (χ3v) is 3.18. The summed E-state index contributed by atoms with van der Waals surface area (Å²) >= 11 is 0. The van der Waals surface area contributed by atoms with Gasteiger partial charge in [0, 0.05) is 12.0 Å². The number of aliphatic hydroxyl groups excluding tert-OH is 1. The van der Waals surface area contributed by atoms with Crippen molar-refractivity contribution in [2.45, 2.75) is 25.1 Å². The predicted octanol–water partition coefficient (Wildman–Crippen LogP) is 4.38. The van der Waals surface area contributed by atoms with Gasteiger partial charge < -0.3 is 5.11 Å². The molecule has 0 amide bonds. The van der Waals surface area contributed by atoms with Crippen molar-refractivity contribution in [3.63, 3.8) is 0 Å². The molecule has 0 spiro atoms. The molecular weight excluding hydrogens is 289 g/mol. The minimum Gasteiger partial charge on any atom is -0.376 e. The van der Waals surface area contributed by atoms with Gasteiger partial charge in [0.1, 0.15) is 6.10 Å². The molecule has 1 unspecified atom stereocenters. The molecule has 0 radical (unpaired) electrons. The van der Waals surface area contributed by atoms with Gasteiger partial charge in [0.2, 0.25) is 0 Å². The zero-order valence-corrected chi connectivity index (χ0v) is 11.8. The largest absolute Gasteiger partial charge is 0.416 e. The molecule has 0 bridgehead atoms. The van der Waals surface area contributed by atoms with Gasteiger partial charge in [-0.25, -0.2) is 0 Å². The second kappa shape index (κ2) is 7.15. The van der Waals surface area contributed by atoms with Crippen LogP contribution in [0.3, 0.4) is 0 Å². The quantitative estimate of drug-likeness (QED) is 0.835. The van der Waals surface area contributed by atoms with Gasteiger partial charge in [-0.2, -0.15) is 13.2 Å². The first-order chi connectivity index (χ1) is 10.5. The van der Waals surface area contributed by atoms with Crippen molar-refractivity contribution in [3.8, 4) is 11.8 Å². The van der Waals surface area contributed by atoms with E-state index in [1.54, 1.807) is 0 Å². The summed E-state index contributed by atoms with van der Waals surface area (Å²) in [5.74, 6) is 5.23. The maximum absolute atomic E-state index is 12.9. The summed E-state index contributed by atoms with van der Waals surface area (Å²) in [7, 11) is 0. The Hall–Kier alpha value is -2.25. The molecule has 1 atom stereocenters. The van der Waals surface area contributed by atoms with E-state index in [1.165, 1.54) is 18.2 Å². The number of halogens is 3. The summed E-state index contributed by atoms with van der Waals surface area (Å²) in [5, 5.41) is 9.89. The third-order valence-electron chi connectivity index (χ3n) is 3.18. The van der Waals surface area contributed by atoms with E-state index >= 15 is 0 Å². The highest BCUT2D eigenvalue weighted by atomic mass is 19.4. The molecule has 0 aliphatic carbocycles. The highest BCUT2D eigenvalue weighted by molar-refractivity contribution is 5.35. The molecule has 0 heterocycles. The number of rotatable bonds is 3. The Bertz CT molecular complexity index is 666. The average molecular weight is 304 g/mol. The standard InChI is InChI=1S/C18H15F3O/c19-18(20,21)16-12-6-5-11-15(16)17(22)13-7-4-10-14-8-2-1-3-9-14/h1-3,5-6,8-9,11-12,17,22H,4,10H2. The summed E-state index contributed by atoms with van der Waals surface area (Å²) in [6.07, 6.45) is -4.76. The van der Waals surface area contributed by atoms with E-state index in [2.05, 4.69) is 11.8 Å². The molecule has 0 saturated carbocycles. The van der Waals surface area contributed by atoms with Crippen molar-refractivity contribution >= 4 is 0 Å². The Labute approximate surface area is 127 Å². The summed E-state index contributed by atoms with van der Waals surface area (Å²) < 4.78 is 38.6. The van der Waals surface area contributed by atoms with Gasteiger partial charge in [0.05, 0.1) is 5.56 Å². The lowest BCUT2D eigenvalue weighted by Crippen LogP contribution is -2.11. The number of hydrogen-bond acceptors (Lipinski definition) is 1. The molecule has 2 aromatic rings. The van der Waals surface area contributed by atoms with Crippen LogP contribution in [0.5, 0.6) is 0 Å².